The zero-order chi connectivity index (χ0) is 37.3. The maximum Gasteiger partial charge on any atom is 0.294 e. The van der Waals surface area contributed by atoms with Crippen LogP contribution >= 0.6 is 10.9 Å². The largest absolute Gasteiger partial charge is 0.494 e. The van der Waals surface area contributed by atoms with Crippen LogP contribution in [0.3, 0.4) is 0 Å². The van der Waals surface area contributed by atoms with Crippen LogP contribution in [0, 0.1) is 0 Å². The Morgan fingerprint density at radius 2 is 1.06 bits per heavy atom. The summed E-state index contributed by atoms with van der Waals surface area (Å²) in [7, 11) is -5.41. The monoisotopic (exact) mass is 752 g/mol. The Bertz CT molecular complexity index is 2220. The number of nitrogens with one attached hydrogen (secondary N) is 3. The number of methoxy groups -OCH3 is 2. The molecule has 0 aliphatic rings. The van der Waals surface area contributed by atoms with Crippen LogP contribution in [0.4, 0.5) is 52.0 Å². The molecule has 1 aromatic heterocycles. The number of anilines is 5. The second-order valence-electron chi connectivity index (χ2n) is 10.4. The van der Waals surface area contributed by atoms with Gasteiger partial charge in [0.15, 0.2) is 0 Å². The number of aromatic nitrogens is 3. The van der Waals surface area contributed by atoms with E-state index in [2.05, 4.69) is 51.4 Å². The molecule has 0 fully saturated rings. The van der Waals surface area contributed by atoms with Gasteiger partial charge in [0.1, 0.15) is 22.4 Å². The summed E-state index contributed by atoms with van der Waals surface area (Å²) in [4.78, 5) is 12.8. The maximum absolute atomic E-state index is 11.4. The van der Waals surface area contributed by atoms with Gasteiger partial charge in [-0.2, -0.15) is 43.8 Å². The molecule has 4 aromatic carbocycles. The first-order chi connectivity index (χ1) is 24.8. The molecule has 0 atom stereocenters. The van der Waals surface area contributed by atoms with E-state index in [4.69, 9.17) is 9.47 Å². The fourth-order valence-electron chi connectivity index (χ4n) is 4.32. The molecule has 21 heteroatoms. The number of aliphatic hydroxyl groups excluding tert-OH is 1. The van der Waals surface area contributed by atoms with Gasteiger partial charge < -0.3 is 44.2 Å². The van der Waals surface area contributed by atoms with E-state index in [1.54, 1.807) is 42.5 Å². The quantitative estimate of drug-likeness (QED) is 0.0381. The molecule has 0 aliphatic carbocycles. The average molecular weight is 753 g/mol. The number of aliphatic hydroxyl groups is 1. The minimum Gasteiger partial charge on any atom is -0.494 e. The normalized spacial score (nSPS) is 12.2. The van der Waals surface area contributed by atoms with Gasteiger partial charge >= 0.3 is 0 Å². The summed E-state index contributed by atoms with van der Waals surface area (Å²) in [5.74, 6) is 1.02. The van der Waals surface area contributed by atoms with Gasteiger partial charge in [-0.1, -0.05) is 12.1 Å². The van der Waals surface area contributed by atoms with Gasteiger partial charge in [0.25, 0.3) is 10.1 Å². The number of nitrogens with zero attached hydrogens (tertiary/aromatic N) is 7. The topological polar surface area (TPSA) is 278 Å². The van der Waals surface area contributed by atoms with Crippen LogP contribution in [0.15, 0.2) is 115 Å². The van der Waals surface area contributed by atoms with E-state index in [1.807, 2.05) is 0 Å². The summed E-state index contributed by atoms with van der Waals surface area (Å²) in [6.07, 6.45) is 0. The Balaban J connectivity index is 1.36. The van der Waals surface area contributed by atoms with Crippen molar-refractivity contribution in [1.82, 2.24) is 15.0 Å². The van der Waals surface area contributed by atoms with E-state index in [9.17, 15) is 31.7 Å². The molecule has 5 aromatic rings. The van der Waals surface area contributed by atoms with Crippen molar-refractivity contribution < 1.29 is 41.2 Å². The first kappa shape index (κ1) is 37.4. The van der Waals surface area contributed by atoms with Crippen molar-refractivity contribution >= 4 is 73.0 Å². The van der Waals surface area contributed by atoms with Crippen molar-refractivity contribution in [1.29, 1.82) is 0 Å². The van der Waals surface area contributed by atoms with Crippen LogP contribution in [0.25, 0.3) is 0 Å². The number of rotatable bonds is 15. The lowest BCUT2D eigenvalue weighted by molar-refractivity contribution is 0.311. The predicted octanol–water partition coefficient (Wildman–Crippen LogP) is 7.44. The molecule has 0 spiro atoms. The minimum atomic E-state index is -4.40. The van der Waals surface area contributed by atoms with Gasteiger partial charge in [-0.3, -0.25) is 4.55 Å². The van der Waals surface area contributed by atoms with Gasteiger partial charge in [-0.25, -0.2) is 0 Å². The van der Waals surface area contributed by atoms with E-state index < -0.39 is 21.0 Å². The number of benzene rings is 4. The minimum absolute atomic E-state index is 0.0953. The van der Waals surface area contributed by atoms with Gasteiger partial charge in [-0.15, -0.1) is 0 Å². The zero-order valence-corrected chi connectivity index (χ0v) is 28.9. The third-order valence-electron chi connectivity index (χ3n) is 6.70. The molecule has 19 nitrogen and oxygen atoms in total. The summed E-state index contributed by atoms with van der Waals surface area (Å²) in [6, 6.07) is 20.8. The predicted molar refractivity (Wildman–Crippen MR) is 193 cm³/mol. The second kappa shape index (κ2) is 16.5. The van der Waals surface area contributed by atoms with Gasteiger partial charge in [0.2, 0.25) is 17.8 Å². The summed E-state index contributed by atoms with van der Waals surface area (Å²) >= 11 is 0. The summed E-state index contributed by atoms with van der Waals surface area (Å²) in [6.45, 7) is -0.0283. The molecule has 0 aliphatic heterocycles. The lowest BCUT2D eigenvalue weighted by atomic mass is 10.2. The lowest BCUT2D eigenvalue weighted by Crippen LogP contribution is -2.12. The summed E-state index contributed by atoms with van der Waals surface area (Å²) < 4.78 is 71.8. The molecule has 0 amide bonds. The van der Waals surface area contributed by atoms with Crippen molar-refractivity contribution in [2.75, 3.05) is 43.3 Å². The summed E-state index contributed by atoms with van der Waals surface area (Å²) in [5, 5.41) is 34.9. The van der Waals surface area contributed by atoms with E-state index in [0.29, 0.717) is 34.2 Å². The van der Waals surface area contributed by atoms with Crippen molar-refractivity contribution in [3.8, 4) is 11.5 Å². The molecule has 52 heavy (non-hydrogen) atoms. The molecule has 8 N–H and O–H groups in total. The highest BCUT2D eigenvalue weighted by Gasteiger charge is 2.16. The lowest BCUT2D eigenvalue weighted by Gasteiger charge is -2.18. The van der Waals surface area contributed by atoms with Gasteiger partial charge in [-0.05, 0) is 60.7 Å². The van der Waals surface area contributed by atoms with E-state index >= 15 is 0 Å². The van der Waals surface area contributed by atoms with Gasteiger partial charge in [0, 0.05) is 18.7 Å². The molecule has 0 saturated heterocycles. The van der Waals surface area contributed by atoms with E-state index in [1.165, 1.54) is 56.7 Å². The number of azo groups is 2. The van der Waals surface area contributed by atoms with E-state index in [-0.39, 0.29) is 52.2 Å². The van der Waals surface area contributed by atoms with Crippen LogP contribution in [0.2, 0.25) is 0 Å². The Kier molecular flexibility index (Phi) is 11.9. The van der Waals surface area contributed by atoms with Crippen molar-refractivity contribution in [2.45, 2.75) is 9.79 Å². The van der Waals surface area contributed by atoms with Crippen LogP contribution in [-0.2, 0) is 10.1 Å². The third-order valence-corrected chi connectivity index (χ3v) is 8.44. The Labute approximate surface area is 298 Å². The van der Waals surface area contributed by atoms with Crippen LogP contribution in [-0.4, -0.2) is 74.1 Å². The molecule has 5 rings (SSSR count). The number of hydrogen-bond acceptors (Lipinski definition) is 18. The fourth-order valence-corrected chi connectivity index (χ4v) is 5.38. The molecule has 0 unspecified atom stereocenters. The third kappa shape index (κ3) is 10.1. The first-order valence-electron chi connectivity index (χ1n) is 14.9. The number of ether oxygens (including phenoxy) is 2. The Morgan fingerprint density at radius 1 is 0.615 bits per heavy atom. The molecule has 272 valence electrons. The van der Waals surface area contributed by atoms with Crippen molar-refractivity contribution in [3.63, 3.8) is 0 Å². The molecule has 0 radical (unpaired) electrons. The SMILES string of the molecule is COc1cc(N=Nc2cccc(S(O)(O)O)c2)ccc1Nc1nc(NCCO)nc(Nc2ccc(N=Nc3cccc(S(=O)(=O)O)c3)cc2OC)n1. The van der Waals surface area contributed by atoms with Crippen molar-refractivity contribution in [2.24, 2.45) is 20.5 Å². The van der Waals surface area contributed by atoms with Crippen LogP contribution in [0.5, 0.6) is 11.5 Å². The molecule has 0 bridgehead atoms. The highest BCUT2D eigenvalue weighted by Crippen LogP contribution is 2.44. The maximum atomic E-state index is 11.4. The number of hydrogen-bond donors (Lipinski definition) is 8. The highest BCUT2D eigenvalue weighted by atomic mass is 32.3. The van der Waals surface area contributed by atoms with Crippen LogP contribution in [0.1, 0.15) is 0 Å². The smallest absolute Gasteiger partial charge is 0.294 e. The standard InChI is InChI=1S/C31H32N10O9S2/c1-49-27-17-21(40-38-19-5-3-7-23(15-19)51(43,44)45)9-11-25(27)33-30-35-29(32-13-14-42)36-31(37-30)34-26-12-10-22(18-28(26)50-2)41-39-20-6-4-8-24(16-20)52(46,47)48/h3-12,15-18,42-45H,13-14H2,1-2H3,(H,46,47,48)(H3,32,33,34,35,36,37). The molecule has 1 heterocycles. The van der Waals surface area contributed by atoms with E-state index in [0.717, 1.165) is 0 Å². The second-order valence-corrected chi connectivity index (χ2v) is 13.3. The fraction of sp³-hybridized carbons (Fsp3) is 0.129. The highest BCUT2D eigenvalue weighted by molar-refractivity contribution is 8.19. The Morgan fingerprint density at radius 3 is 1.50 bits per heavy atom. The van der Waals surface area contributed by atoms with Crippen molar-refractivity contribution in [3.05, 3.63) is 84.9 Å². The molecular weight excluding hydrogens is 721 g/mol. The summed E-state index contributed by atoms with van der Waals surface area (Å²) in [5.41, 5.74) is 2.15. The van der Waals surface area contributed by atoms with Gasteiger partial charge in [0.05, 0.1) is 64.7 Å². The Hall–Kier alpha value is -5.81. The molecular formula is C31H32N10O9S2. The molecule has 0 saturated carbocycles. The zero-order valence-electron chi connectivity index (χ0n) is 27.3. The average Bonchev–Trinajstić information content (AvgIpc) is 3.12. The van der Waals surface area contributed by atoms with Crippen LogP contribution < -0.4 is 25.4 Å². The first-order valence-corrected chi connectivity index (χ1v) is 17.8.